The third-order valence-electron chi connectivity index (χ3n) is 7.44. The number of nitrogens with one attached hydrogen (secondary N) is 1. The van der Waals surface area contributed by atoms with Crippen molar-refractivity contribution in [2.75, 3.05) is 13.6 Å². The highest BCUT2D eigenvalue weighted by Crippen LogP contribution is 2.36. The van der Waals surface area contributed by atoms with E-state index >= 15 is 0 Å². The number of aromatic nitrogens is 3. The lowest BCUT2D eigenvalue weighted by molar-refractivity contribution is -0.138. The van der Waals surface area contributed by atoms with E-state index in [1.165, 1.54) is 17.0 Å². The average Bonchev–Trinajstić information content (AvgIpc) is 3.27. The maximum atomic E-state index is 14.1. The van der Waals surface area contributed by atoms with Crippen LogP contribution in [0, 0.1) is 12.8 Å². The fourth-order valence-electron chi connectivity index (χ4n) is 5.39. The number of amides is 2. The second-order valence-corrected chi connectivity index (χ2v) is 11.6. The molecule has 12 heteroatoms. The van der Waals surface area contributed by atoms with Crippen molar-refractivity contribution in [2.45, 2.75) is 46.3 Å². The van der Waals surface area contributed by atoms with Crippen molar-refractivity contribution in [1.82, 2.24) is 24.4 Å². The summed E-state index contributed by atoms with van der Waals surface area (Å²) >= 11 is 2.92. The SMILES string of the molecule is CNC(=O)c1ccc(-n2c(=O)c3c(n4nc(C)c(CC(C)C)c24)CN(C(=O)c2ccc(Br)c(C(F)(F)F)c2)CC3)cc1. The van der Waals surface area contributed by atoms with Gasteiger partial charge in [-0.3, -0.25) is 19.0 Å². The Hall–Kier alpha value is -3.93. The van der Waals surface area contributed by atoms with Crippen molar-refractivity contribution in [1.29, 1.82) is 0 Å². The van der Waals surface area contributed by atoms with Gasteiger partial charge in [-0.05, 0) is 68.1 Å². The van der Waals surface area contributed by atoms with Gasteiger partial charge in [0.05, 0.1) is 29.2 Å². The van der Waals surface area contributed by atoms with E-state index in [1.807, 2.05) is 6.92 Å². The van der Waals surface area contributed by atoms with Crippen molar-refractivity contribution in [2.24, 2.45) is 5.92 Å². The fourth-order valence-corrected chi connectivity index (χ4v) is 5.86. The van der Waals surface area contributed by atoms with Gasteiger partial charge in [0.15, 0.2) is 0 Å². The summed E-state index contributed by atoms with van der Waals surface area (Å²) in [5, 5.41) is 7.37. The van der Waals surface area contributed by atoms with Crippen molar-refractivity contribution in [3.8, 4) is 5.69 Å². The van der Waals surface area contributed by atoms with Gasteiger partial charge in [-0.1, -0.05) is 29.8 Å². The fraction of sp³-hybridized carbons (Fsp3) is 0.333. The molecule has 42 heavy (non-hydrogen) atoms. The predicted octanol–water partition coefficient (Wildman–Crippen LogP) is 5.33. The molecular weight excluding hydrogens is 615 g/mol. The molecule has 0 radical (unpaired) electrons. The second-order valence-electron chi connectivity index (χ2n) is 10.8. The molecule has 0 spiro atoms. The molecule has 3 heterocycles. The summed E-state index contributed by atoms with van der Waals surface area (Å²) in [6, 6.07) is 10.1. The van der Waals surface area contributed by atoms with Gasteiger partial charge in [-0.25, -0.2) is 4.52 Å². The first-order valence-electron chi connectivity index (χ1n) is 13.4. The summed E-state index contributed by atoms with van der Waals surface area (Å²) in [6.07, 6.45) is -3.78. The van der Waals surface area contributed by atoms with Gasteiger partial charge < -0.3 is 10.2 Å². The minimum absolute atomic E-state index is 0.00993. The number of carbonyl (C=O) groups is 2. The van der Waals surface area contributed by atoms with Crippen LogP contribution < -0.4 is 10.9 Å². The molecule has 0 saturated carbocycles. The van der Waals surface area contributed by atoms with E-state index < -0.39 is 17.6 Å². The van der Waals surface area contributed by atoms with Crippen LogP contribution >= 0.6 is 15.9 Å². The first kappa shape index (κ1) is 29.6. The van der Waals surface area contributed by atoms with Crippen LogP contribution in [-0.4, -0.2) is 44.5 Å². The van der Waals surface area contributed by atoms with Crippen LogP contribution in [0.25, 0.3) is 11.3 Å². The largest absolute Gasteiger partial charge is 0.417 e. The second kappa shape index (κ2) is 11.0. The van der Waals surface area contributed by atoms with E-state index in [0.29, 0.717) is 34.6 Å². The molecule has 0 atom stereocenters. The number of hydrogen-bond donors (Lipinski definition) is 1. The van der Waals surface area contributed by atoms with E-state index in [4.69, 9.17) is 5.10 Å². The lowest BCUT2D eigenvalue weighted by atomic mass is 10.0. The summed E-state index contributed by atoms with van der Waals surface area (Å²) < 4.78 is 43.7. The standard InChI is InChI=1S/C30H29BrF3N5O3/c1-16(2)13-22-17(3)36-39-25-15-37(28(41)19-7-10-24(31)23(14-19)30(32,33)34)12-11-21(25)29(42)38(27(22)39)20-8-5-18(6-9-20)26(40)35-4/h5-10,14,16H,11-13,15H2,1-4H3,(H,35,40). The van der Waals surface area contributed by atoms with Crippen molar-refractivity contribution in [3.05, 3.63) is 96.5 Å². The van der Waals surface area contributed by atoms with Gasteiger partial charge in [0.25, 0.3) is 17.4 Å². The van der Waals surface area contributed by atoms with Gasteiger partial charge in [0, 0.05) is 40.3 Å². The Kier molecular flexibility index (Phi) is 7.78. The smallest absolute Gasteiger partial charge is 0.355 e. The third-order valence-corrected chi connectivity index (χ3v) is 8.13. The van der Waals surface area contributed by atoms with Crippen molar-refractivity contribution >= 4 is 33.4 Å². The Morgan fingerprint density at radius 3 is 2.38 bits per heavy atom. The lowest BCUT2D eigenvalue weighted by Gasteiger charge is -2.30. The molecule has 0 aliphatic carbocycles. The minimum atomic E-state index is -4.63. The Morgan fingerprint density at radius 1 is 1.10 bits per heavy atom. The van der Waals surface area contributed by atoms with E-state index in [9.17, 15) is 27.6 Å². The Bertz CT molecular complexity index is 1770. The molecule has 1 aliphatic heterocycles. The van der Waals surface area contributed by atoms with Crippen molar-refractivity contribution in [3.63, 3.8) is 0 Å². The quantitative estimate of drug-likeness (QED) is 0.318. The van der Waals surface area contributed by atoms with Gasteiger partial charge in [0.2, 0.25) is 0 Å². The minimum Gasteiger partial charge on any atom is -0.355 e. The Labute approximate surface area is 248 Å². The molecule has 1 aliphatic rings. The number of aryl methyl sites for hydroxylation is 1. The summed E-state index contributed by atoms with van der Waals surface area (Å²) in [7, 11) is 1.54. The number of halogens is 4. The van der Waals surface area contributed by atoms with Crippen LogP contribution in [0.1, 0.15) is 62.6 Å². The van der Waals surface area contributed by atoms with Crippen LogP contribution in [-0.2, 0) is 25.6 Å². The van der Waals surface area contributed by atoms with Crippen LogP contribution in [0.5, 0.6) is 0 Å². The van der Waals surface area contributed by atoms with E-state index in [0.717, 1.165) is 17.3 Å². The highest BCUT2D eigenvalue weighted by molar-refractivity contribution is 9.10. The average molecular weight is 644 g/mol. The molecule has 2 aromatic carbocycles. The van der Waals surface area contributed by atoms with Crippen molar-refractivity contribution < 1.29 is 22.8 Å². The van der Waals surface area contributed by atoms with Gasteiger partial charge in [0.1, 0.15) is 5.65 Å². The van der Waals surface area contributed by atoms with E-state index in [-0.39, 0.29) is 46.9 Å². The Balaban J connectivity index is 1.64. The summed E-state index contributed by atoms with van der Waals surface area (Å²) in [4.78, 5) is 41.1. The lowest BCUT2D eigenvalue weighted by Crippen LogP contribution is -2.41. The third kappa shape index (κ3) is 5.23. The number of hydrogen-bond acceptors (Lipinski definition) is 4. The predicted molar refractivity (Wildman–Crippen MR) is 155 cm³/mol. The first-order chi connectivity index (χ1) is 19.8. The van der Waals surface area contributed by atoms with Crippen LogP contribution in [0.15, 0.2) is 51.7 Å². The molecule has 5 rings (SSSR count). The highest BCUT2D eigenvalue weighted by Gasteiger charge is 2.35. The summed E-state index contributed by atoms with van der Waals surface area (Å²) in [5.74, 6) is -0.555. The molecule has 2 amide bonds. The zero-order valence-electron chi connectivity index (χ0n) is 23.5. The maximum absolute atomic E-state index is 14.1. The molecule has 220 valence electrons. The molecule has 4 aromatic rings. The molecule has 1 N–H and O–H groups in total. The number of carbonyl (C=O) groups excluding carboxylic acids is 2. The normalized spacial score (nSPS) is 13.5. The first-order valence-corrected chi connectivity index (χ1v) is 14.2. The van der Waals surface area contributed by atoms with Gasteiger partial charge >= 0.3 is 6.18 Å². The van der Waals surface area contributed by atoms with E-state index in [2.05, 4.69) is 35.1 Å². The summed E-state index contributed by atoms with van der Waals surface area (Å²) in [5.41, 5.74) is 2.92. The number of nitrogens with zero attached hydrogens (tertiary/aromatic N) is 4. The molecular formula is C30H29BrF3N5O3. The Morgan fingerprint density at radius 2 is 1.76 bits per heavy atom. The van der Waals surface area contributed by atoms with Crippen LogP contribution in [0.2, 0.25) is 0 Å². The topological polar surface area (TPSA) is 88.7 Å². The number of fused-ring (bicyclic) bond motifs is 3. The van der Waals surface area contributed by atoms with Gasteiger partial charge in [-0.15, -0.1) is 0 Å². The zero-order valence-corrected chi connectivity index (χ0v) is 25.1. The highest BCUT2D eigenvalue weighted by atomic mass is 79.9. The molecule has 2 aromatic heterocycles. The van der Waals surface area contributed by atoms with Crippen LogP contribution in [0.4, 0.5) is 13.2 Å². The zero-order chi connectivity index (χ0) is 30.5. The molecule has 0 unspecified atom stereocenters. The number of rotatable bonds is 5. The number of alkyl halides is 3. The maximum Gasteiger partial charge on any atom is 0.417 e. The van der Waals surface area contributed by atoms with Crippen LogP contribution in [0.3, 0.4) is 0 Å². The number of benzene rings is 2. The molecule has 0 bridgehead atoms. The monoisotopic (exact) mass is 643 g/mol. The summed E-state index contributed by atoms with van der Waals surface area (Å²) in [6.45, 7) is 6.16. The molecule has 0 fully saturated rings. The molecule has 0 saturated heterocycles. The molecule has 8 nitrogen and oxygen atoms in total. The van der Waals surface area contributed by atoms with E-state index in [1.54, 1.807) is 40.4 Å². The van der Waals surface area contributed by atoms with Gasteiger partial charge in [-0.2, -0.15) is 18.3 Å².